The van der Waals surface area contributed by atoms with Crippen LogP contribution in [0.3, 0.4) is 0 Å². The molecule has 0 aliphatic carbocycles. The summed E-state index contributed by atoms with van der Waals surface area (Å²) in [7, 11) is 0. The third kappa shape index (κ3) is 5.17. The molecule has 0 saturated carbocycles. The number of nitrogens with one attached hydrogen (secondary N) is 1. The van der Waals surface area contributed by atoms with Crippen LogP contribution in [0.5, 0.6) is 17.2 Å². The predicted octanol–water partition coefficient (Wildman–Crippen LogP) is 4.31. The van der Waals surface area contributed by atoms with Gasteiger partial charge in [-0.1, -0.05) is 13.3 Å². The Balaban J connectivity index is 1.41. The summed E-state index contributed by atoms with van der Waals surface area (Å²) in [6.07, 6.45) is 3.67. The highest BCUT2D eigenvalue weighted by atomic mass is 16.5. The fourth-order valence-corrected chi connectivity index (χ4v) is 3.46. The normalized spacial score (nSPS) is 12.9. The van der Waals surface area contributed by atoms with Crippen molar-refractivity contribution >= 4 is 22.6 Å². The van der Waals surface area contributed by atoms with Crippen molar-refractivity contribution in [3.05, 3.63) is 58.4 Å². The number of carbonyl (C=O) groups is 1. The van der Waals surface area contributed by atoms with E-state index in [1.165, 1.54) is 0 Å². The molecule has 1 aromatic heterocycles. The van der Waals surface area contributed by atoms with Gasteiger partial charge in [0, 0.05) is 35.7 Å². The van der Waals surface area contributed by atoms with Crippen LogP contribution in [0.15, 0.2) is 51.7 Å². The maximum absolute atomic E-state index is 12.3. The standard InChI is InChI=1S/C24H25NO6/c1-2-3-5-16-12-24(27)31-21-14-18(7-8-19(16)21)30-15-23(26)25-17-6-9-20-22(13-17)29-11-4-10-28-20/h6-9,12-14H,2-5,10-11,15H2,1H3,(H,25,26). The van der Waals surface area contributed by atoms with Crippen molar-refractivity contribution in [2.45, 2.75) is 32.6 Å². The highest BCUT2D eigenvalue weighted by Crippen LogP contribution is 2.32. The number of amides is 1. The van der Waals surface area contributed by atoms with Gasteiger partial charge < -0.3 is 23.9 Å². The van der Waals surface area contributed by atoms with E-state index in [0.717, 1.165) is 36.6 Å². The Labute approximate surface area is 179 Å². The largest absolute Gasteiger partial charge is 0.490 e. The number of rotatable bonds is 7. The van der Waals surface area contributed by atoms with Crippen molar-refractivity contribution in [2.75, 3.05) is 25.1 Å². The van der Waals surface area contributed by atoms with E-state index in [1.807, 2.05) is 6.07 Å². The summed E-state index contributed by atoms with van der Waals surface area (Å²) in [5.41, 5.74) is 1.64. The molecule has 2 heterocycles. The number of fused-ring (bicyclic) bond motifs is 2. The third-order valence-electron chi connectivity index (χ3n) is 5.00. The SMILES string of the molecule is CCCCc1cc(=O)oc2cc(OCC(=O)Nc3ccc4c(c3)OCCCO4)ccc12. The number of hydrogen-bond donors (Lipinski definition) is 1. The summed E-state index contributed by atoms with van der Waals surface area (Å²) in [4.78, 5) is 24.2. The van der Waals surface area contributed by atoms with Gasteiger partial charge in [0.2, 0.25) is 0 Å². The number of ether oxygens (including phenoxy) is 3. The van der Waals surface area contributed by atoms with Crippen LogP contribution in [0.1, 0.15) is 31.7 Å². The van der Waals surface area contributed by atoms with Crippen molar-refractivity contribution in [3.63, 3.8) is 0 Å². The van der Waals surface area contributed by atoms with E-state index >= 15 is 0 Å². The molecule has 7 heteroatoms. The van der Waals surface area contributed by atoms with Crippen LogP contribution < -0.4 is 25.2 Å². The molecule has 0 bridgehead atoms. The fourth-order valence-electron chi connectivity index (χ4n) is 3.46. The number of unbranched alkanes of at least 4 members (excludes halogenated alkanes) is 1. The third-order valence-corrected chi connectivity index (χ3v) is 5.00. The maximum Gasteiger partial charge on any atom is 0.336 e. The van der Waals surface area contributed by atoms with Crippen molar-refractivity contribution in [2.24, 2.45) is 0 Å². The Hall–Kier alpha value is -3.48. The molecule has 0 saturated heterocycles. The number of aryl methyl sites for hydroxylation is 1. The molecule has 1 N–H and O–H groups in total. The van der Waals surface area contributed by atoms with E-state index in [-0.39, 0.29) is 18.1 Å². The molecule has 1 amide bonds. The summed E-state index contributed by atoms with van der Waals surface area (Å²) in [6.45, 7) is 3.11. The fraction of sp³-hybridized carbons (Fsp3) is 0.333. The molecular weight excluding hydrogens is 398 g/mol. The molecule has 0 spiro atoms. The number of carbonyl (C=O) groups excluding carboxylic acids is 1. The van der Waals surface area contributed by atoms with Gasteiger partial charge in [0.05, 0.1) is 13.2 Å². The zero-order chi connectivity index (χ0) is 21.6. The topological polar surface area (TPSA) is 87.0 Å². The molecular formula is C24H25NO6. The second-order valence-corrected chi connectivity index (χ2v) is 7.40. The zero-order valence-electron chi connectivity index (χ0n) is 17.4. The average molecular weight is 423 g/mol. The van der Waals surface area contributed by atoms with Gasteiger partial charge in [-0.2, -0.15) is 0 Å². The van der Waals surface area contributed by atoms with Gasteiger partial charge in [-0.3, -0.25) is 4.79 Å². The second kappa shape index (κ2) is 9.55. The van der Waals surface area contributed by atoms with Crippen LogP contribution in [-0.2, 0) is 11.2 Å². The van der Waals surface area contributed by atoms with Gasteiger partial charge in [0.1, 0.15) is 11.3 Å². The minimum atomic E-state index is -0.386. The maximum atomic E-state index is 12.3. The lowest BCUT2D eigenvalue weighted by Crippen LogP contribution is -2.20. The molecule has 2 aromatic carbocycles. The van der Waals surface area contributed by atoms with E-state index in [9.17, 15) is 9.59 Å². The molecule has 0 radical (unpaired) electrons. The Kier molecular flexibility index (Phi) is 6.40. The number of hydrogen-bond acceptors (Lipinski definition) is 6. The van der Waals surface area contributed by atoms with Crippen LogP contribution in [0.2, 0.25) is 0 Å². The molecule has 4 rings (SSSR count). The minimum absolute atomic E-state index is 0.181. The molecule has 31 heavy (non-hydrogen) atoms. The Morgan fingerprint density at radius 1 is 1.06 bits per heavy atom. The summed E-state index contributed by atoms with van der Waals surface area (Å²) >= 11 is 0. The molecule has 0 atom stereocenters. The van der Waals surface area contributed by atoms with E-state index in [4.69, 9.17) is 18.6 Å². The van der Waals surface area contributed by atoms with Crippen molar-refractivity contribution < 1.29 is 23.4 Å². The van der Waals surface area contributed by atoms with Crippen LogP contribution >= 0.6 is 0 Å². The van der Waals surface area contributed by atoms with Gasteiger partial charge in [0.25, 0.3) is 5.91 Å². The molecule has 7 nitrogen and oxygen atoms in total. The van der Waals surface area contributed by atoms with E-state index < -0.39 is 0 Å². The van der Waals surface area contributed by atoms with Gasteiger partial charge in [-0.05, 0) is 42.7 Å². The van der Waals surface area contributed by atoms with E-state index in [2.05, 4.69) is 12.2 Å². The summed E-state index contributed by atoms with van der Waals surface area (Å²) in [5, 5.41) is 3.67. The van der Waals surface area contributed by atoms with E-state index in [1.54, 1.807) is 36.4 Å². The molecule has 0 unspecified atom stereocenters. The van der Waals surface area contributed by atoms with Gasteiger partial charge in [-0.25, -0.2) is 4.79 Å². The predicted molar refractivity (Wildman–Crippen MR) is 117 cm³/mol. The van der Waals surface area contributed by atoms with Gasteiger partial charge >= 0.3 is 5.63 Å². The Bertz CT molecular complexity index is 1140. The highest BCUT2D eigenvalue weighted by molar-refractivity contribution is 5.92. The van der Waals surface area contributed by atoms with Crippen molar-refractivity contribution in [3.8, 4) is 17.2 Å². The van der Waals surface area contributed by atoms with Crippen LogP contribution in [0.4, 0.5) is 5.69 Å². The molecule has 1 aliphatic rings. The van der Waals surface area contributed by atoms with Crippen LogP contribution in [0.25, 0.3) is 11.0 Å². The monoisotopic (exact) mass is 423 g/mol. The minimum Gasteiger partial charge on any atom is -0.490 e. The van der Waals surface area contributed by atoms with Crippen molar-refractivity contribution in [1.29, 1.82) is 0 Å². The molecule has 0 fully saturated rings. The van der Waals surface area contributed by atoms with Gasteiger partial charge in [-0.15, -0.1) is 0 Å². The average Bonchev–Trinajstić information content (AvgIpc) is 3.00. The lowest BCUT2D eigenvalue weighted by Gasteiger charge is -2.11. The second-order valence-electron chi connectivity index (χ2n) is 7.40. The number of benzene rings is 2. The molecule has 3 aromatic rings. The Morgan fingerprint density at radius 3 is 2.74 bits per heavy atom. The lowest BCUT2D eigenvalue weighted by molar-refractivity contribution is -0.118. The summed E-state index contributed by atoms with van der Waals surface area (Å²) < 4.78 is 22.2. The highest BCUT2D eigenvalue weighted by Gasteiger charge is 2.13. The number of anilines is 1. The zero-order valence-corrected chi connectivity index (χ0v) is 17.4. The smallest absolute Gasteiger partial charge is 0.336 e. The first-order chi connectivity index (χ1) is 15.1. The van der Waals surface area contributed by atoms with Gasteiger partial charge in [0.15, 0.2) is 18.1 Å². The van der Waals surface area contributed by atoms with Crippen molar-refractivity contribution in [1.82, 2.24) is 0 Å². The van der Waals surface area contributed by atoms with Crippen LogP contribution in [-0.4, -0.2) is 25.7 Å². The molecule has 162 valence electrons. The molecule has 1 aliphatic heterocycles. The first-order valence-corrected chi connectivity index (χ1v) is 10.5. The first kappa shape index (κ1) is 20.8. The summed E-state index contributed by atoms with van der Waals surface area (Å²) in [5.74, 6) is 1.42. The first-order valence-electron chi connectivity index (χ1n) is 10.5. The lowest BCUT2D eigenvalue weighted by atomic mass is 10.0. The quantitative estimate of drug-likeness (QED) is 0.570. The van der Waals surface area contributed by atoms with E-state index in [0.29, 0.717) is 41.7 Å². The Morgan fingerprint density at radius 2 is 1.90 bits per heavy atom. The summed E-state index contributed by atoms with van der Waals surface area (Å²) in [6, 6.07) is 12.1. The van der Waals surface area contributed by atoms with Crippen LogP contribution in [0, 0.1) is 0 Å².